The first-order valence-electron chi connectivity index (χ1n) is 12.6. The van der Waals surface area contributed by atoms with E-state index in [2.05, 4.69) is 68.4 Å². The van der Waals surface area contributed by atoms with Gasteiger partial charge in [0.25, 0.3) is 5.56 Å². The molecule has 186 valence electrons. The number of nitrogens with one attached hydrogen (secondary N) is 2. The number of morpholine rings is 1. The van der Waals surface area contributed by atoms with Crippen LogP contribution in [0.25, 0.3) is 0 Å². The molecule has 2 fully saturated rings. The number of nitrogens with zero attached hydrogens (tertiary/aromatic N) is 2. The van der Waals surface area contributed by atoms with Gasteiger partial charge in [0.2, 0.25) is 5.75 Å². The topological polar surface area (TPSA) is 90.5 Å². The fourth-order valence-corrected chi connectivity index (χ4v) is 4.41. The van der Waals surface area contributed by atoms with Gasteiger partial charge in [-0.05, 0) is 48.2 Å². The molecule has 0 radical (unpaired) electrons. The highest BCUT2D eigenvalue weighted by molar-refractivity contribution is 5.44. The molecule has 2 aliphatic rings. The van der Waals surface area contributed by atoms with Crippen LogP contribution in [0.2, 0.25) is 0 Å². The molecule has 1 atom stereocenters. The third-order valence-electron chi connectivity index (χ3n) is 6.77. The summed E-state index contributed by atoms with van der Waals surface area (Å²) in [5, 5.41) is 13.7. The molecule has 3 aromatic rings. The number of hydrogen-bond acceptors (Lipinski definition) is 6. The van der Waals surface area contributed by atoms with E-state index in [0.717, 1.165) is 56.1 Å². The zero-order valence-electron chi connectivity index (χ0n) is 20.4. The zero-order chi connectivity index (χ0) is 24.7. The normalized spacial score (nSPS) is 16.8. The van der Waals surface area contributed by atoms with Crippen LogP contribution in [0, 0.1) is 11.8 Å². The van der Waals surface area contributed by atoms with Crippen LogP contribution in [0.4, 0.5) is 0 Å². The summed E-state index contributed by atoms with van der Waals surface area (Å²) >= 11 is 0. The Morgan fingerprint density at radius 2 is 1.72 bits per heavy atom. The maximum Gasteiger partial charge on any atom is 0.293 e. The maximum atomic E-state index is 11.8. The molecule has 0 amide bonds. The van der Waals surface area contributed by atoms with Crippen molar-refractivity contribution in [3.8, 4) is 17.6 Å². The number of aromatic nitrogens is 2. The summed E-state index contributed by atoms with van der Waals surface area (Å²) in [6.07, 6.45) is 4.22. The van der Waals surface area contributed by atoms with Gasteiger partial charge in [-0.15, -0.1) is 0 Å². The molecule has 7 heteroatoms. The Balaban J connectivity index is 1.24. The van der Waals surface area contributed by atoms with Crippen LogP contribution < -0.4 is 10.9 Å². The second-order valence-corrected chi connectivity index (χ2v) is 9.57. The van der Waals surface area contributed by atoms with Gasteiger partial charge in [0.05, 0.1) is 25.2 Å². The average molecular weight is 485 g/mol. The van der Waals surface area contributed by atoms with Gasteiger partial charge in [0.1, 0.15) is 0 Å². The first-order valence-corrected chi connectivity index (χ1v) is 12.6. The predicted octanol–water partition coefficient (Wildman–Crippen LogP) is 2.79. The van der Waals surface area contributed by atoms with Crippen LogP contribution >= 0.6 is 0 Å². The fraction of sp³-hybridized carbons (Fsp3) is 0.379. The van der Waals surface area contributed by atoms with E-state index in [0.29, 0.717) is 18.2 Å². The standard InChI is InChI=1S/C29H32N4O3/c34-28-27(31-20-32-29(28)35)17-25(18-30-26-11-12-26)24-9-7-22(8-10-24)2-1-21-3-5-23(6-4-21)19-33-13-15-36-16-14-33/h3-10,20,25-26,30,34H,11-19H2,(H,31,32,35)/t25-/m1/s1. The Bertz CT molecular complexity index is 1260. The molecular formula is C29H32N4O3. The Kier molecular flexibility index (Phi) is 7.77. The summed E-state index contributed by atoms with van der Waals surface area (Å²) in [4.78, 5) is 20.8. The van der Waals surface area contributed by atoms with E-state index in [1.54, 1.807) is 0 Å². The number of benzene rings is 2. The van der Waals surface area contributed by atoms with Gasteiger partial charge in [-0.3, -0.25) is 9.69 Å². The second kappa shape index (κ2) is 11.5. The van der Waals surface area contributed by atoms with E-state index in [4.69, 9.17) is 4.74 Å². The minimum Gasteiger partial charge on any atom is -0.502 e. The highest BCUT2D eigenvalue weighted by atomic mass is 16.5. The van der Waals surface area contributed by atoms with Crippen LogP contribution in [0.3, 0.4) is 0 Å². The monoisotopic (exact) mass is 484 g/mol. The quantitative estimate of drug-likeness (QED) is 0.426. The van der Waals surface area contributed by atoms with Gasteiger partial charge < -0.3 is 20.1 Å². The number of aromatic hydroxyl groups is 1. The van der Waals surface area contributed by atoms with Crippen molar-refractivity contribution in [1.82, 2.24) is 20.2 Å². The Labute approximate surface area is 211 Å². The molecule has 7 nitrogen and oxygen atoms in total. The van der Waals surface area contributed by atoms with Crippen molar-refractivity contribution >= 4 is 0 Å². The summed E-state index contributed by atoms with van der Waals surface area (Å²) in [6, 6.07) is 17.3. The minimum atomic E-state index is -0.506. The molecule has 1 aliphatic carbocycles. The first-order chi connectivity index (χ1) is 17.6. The molecule has 1 saturated carbocycles. The summed E-state index contributed by atoms with van der Waals surface area (Å²) < 4.78 is 5.42. The van der Waals surface area contributed by atoms with Crippen molar-refractivity contribution in [3.63, 3.8) is 0 Å². The Morgan fingerprint density at radius 3 is 2.39 bits per heavy atom. The molecule has 1 aliphatic heterocycles. The van der Waals surface area contributed by atoms with Gasteiger partial charge >= 0.3 is 0 Å². The molecule has 3 N–H and O–H groups in total. The molecule has 2 heterocycles. The van der Waals surface area contributed by atoms with Gasteiger partial charge in [-0.25, -0.2) is 4.98 Å². The number of H-pyrrole nitrogens is 1. The first kappa shape index (κ1) is 24.3. The lowest BCUT2D eigenvalue weighted by Gasteiger charge is -2.26. The van der Waals surface area contributed by atoms with Gasteiger partial charge in [0, 0.05) is 55.7 Å². The van der Waals surface area contributed by atoms with Gasteiger partial charge in [-0.2, -0.15) is 0 Å². The Hall–Kier alpha value is -3.44. The van der Waals surface area contributed by atoms with Crippen molar-refractivity contribution in [3.05, 3.63) is 93.2 Å². The van der Waals surface area contributed by atoms with E-state index >= 15 is 0 Å². The smallest absolute Gasteiger partial charge is 0.293 e. The van der Waals surface area contributed by atoms with E-state index < -0.39 is 5.56 Å². The summed E-state index contributed by atoms with van der Waals surface area (Å²) in [5.74, 6) is 6.32. The van der Waals surface area contributed by atoms with Crippen molar-refractivity contribution in [2.45, 2.75) is 37.8 Å². The SMILES string of the molecule is O=c1[nH]cnc(C[C@H](CNC2CC2)c2ccc(C#Cc3ccc(CN4CCOCC4)cc3)cc2)c1O. The molecule has 0 spiro atoms. The maximum absolute atomic E-state index is 11.8. The average Bonchev–Trinajstić information content (AvgIpc) is 3.74. The van der Waals surface area contributed by atoms with Gasteiger partial charge in [0.15, 0.2) is 0 Å². The minimum absolute atomic E-state index is 0.0896. The zero-order valence-corrected chi connectivity index (χ0v) is 20.4. The van der Waals surface area contributed by atoms with Crippen LogP contribution in [0.1, 0.15) is 46.7 Å². The lowest BCUT2D eigenvalue weighted by Crippen LogP contribution is -2.35. The molecular weight excluding hydrogens is 452 g/mol. The molecule has 0 unspecified atom stereocenters. The number of aromatic amines is 1. The second-order valence-electron chi connectivity index (χ2n) is 9.57. The predicted molar refractivity (Wildman–Crippen MR) is 139 cm³/mol. The van der Waals surface area contributed by atoms with E-state index in [-0.39, 0.29) is 11.7 Å². The summed E-state index contributed by atoms with van der Waals surface area (Å²) in [6.45, 7) is 5.30. The lowest BCUT2D eigenvalue weighted by molar-refractivity contribution is 0.0342. The van der Waals surface area contributed by atoms with Crippen molar-refractivity contribution < 1.29 is 9.84 Å². The molecule has 1 saturated heterocycles. The van der Waals surface area contributed by atoms with Crippen molar-refractivity contribution in [1.29, 1.82) is 0 Å². The molecule has 5 rings (SSSR count). The van der Waals surface area contributed by atoms with E-state index in [1.165, 1.54) is 24.7 Å². The van der Waals surface area contributed by atoms with Gasteiger partial charge in [-0.1, -0.05) is 36.1 Å². The molecule has 2 aromatic carbocycles. The fourth-order valence-electron chi connectivity index (χ4n) is 4.41. The highest BCUT2D eigenvalue weighted by Crippen LogP contribution is 2.25. The van der Waals surface area contributed by atoms with E-state index in [9.17, 15) is 9.90 Å². The highest BCUT2D eigenvalue weighted by Gasteiger charge is 2.24. The molecule has 36 heavy (non-hydrogen) atoms. The third-order valence-corrected chi connectivity index (χ3v) is 6.77. The lowest BCUT2D eigenvalue weighted by atomic mass is 9.93. The number of hydrogen-bond donors (Lipinski definition) is 3. The van der Waals surface area contributed by atoms with Crippen molar-refractivity contribution in [2.75, 3.05) is 32.8 Å². The van der Waals surface area contributed by atoms with Crippen LogP contribution in [-0.4, -0.2) is 58.9 Å². The Morgan fingerprint density at radius 1 is 1.06 bits per heavy atom. The van der Waals surface area contributed by atoms with E-state index in [1.807, 2.05) is 12.1 Å². The largest absolute Gasteiger partial charge is 0.502 e. The summed E-state index contributed by atoms with van der Waals surface area (Å²) in [7, 11) is 0. The molecule has 1 aromatic heterocycles. The molecule has 0 bridgehead atoms. The number of ether oxygens (including phenoxy) is 1. The van der Waals surface area contributed by atoms with Crippen LogP contribution in [0.15, 0.2) is 59.7 Å². The van der Waals surface area contributed by atoms with Crippen LogP contribution in [-0.2, 0) is 17.7 Å². The number of rotatable bonds is 8. The third kappa shape index (κ3) is 6.61. The summed E-state index contributed by atoms with van der Waals surface area (Å²) in [5.41, 5.74) is 4.27. The van der Waals surface area contributed by atoms with Crippen LogP contribution in [0.5, 0.6) is 5.75 Å². The van der Waals surface area contributed by atoms with Crippen molar-refractivity contribution in [2.24, 2.45) is 0 Å².